The first-order valence-corrected chi connectivity index (χ1v) is 11.4. The number of rotatable bonds is 14. The number of benzene rings is 2. The maximum atomic E-state index is 13.2. The Kier molecular flexibility index (Phi) is 11.0. The monoisotopic (exact) mass is 546 g/mol. The molecule has 1 unspecified atom stereocenters. The van der Waals surface area contributed by atoms with Crippen molar-refractivity contribution < 1.29 is 53.1 Å². The lowest BCUT2D eigenvalue weighted by molar-refractivity contribution is -0.142. The molecule has 0 heterocycles. The molecule has 0 aliphatic rings. The Morgan fingerprint density at radius 3 is 1.95 bits per heavy atom. The second-order valence-electron chi connectivity index (χ2n) is 7.83. The minimum atomic E-state index is -1.53. The van der Waals surface area contributed by atoms with Crippen LogP contribution in [0.2, 0.25) is 0 Å². The molecular formula is C26H30N2O11. The molecule has 13 nitrogen and oxygen atoms in total. The van der Waals surface area contributed by atoms with E-state index in [-0.39, 0.29) is 34.9 Å². The van der Waals surface area contributed by atoms with Crippen molar-refractivity contribution in [2.75, 3.05) is 35.5 Å². The molecule has 2 rings (SSSR count). The fourth-order valence-corrected chi connectivity index (χ4v) is 3.42. The molecule has 1 atom stereocenters. The number of aliphatic carboxylic acids is 2. The highest BCUT2D eigenvalue weighted by molar-refractivity contribution is 6.06. The molecule has 0 aromatic heterocycles. The van der Waals surface area contributed by atoms with Gasteiger partial charge in [-0.15, -0.1) is 0 Å². The minimum Gasteiger partial charge on any atom is -0.497 e. The van der Waals surface area contributed by atoms with E-state index < -0.39 is 36.2 Å². The lowest BCUT2D eigenvalue weighted by atomic mass is 10.1. The van der Waals surface area contributed by atoms with Gasteiger partial charge in [0.2, 0.25) is 5.75 Å². The summed E-state index contributed by atoms with van der Waals surface area (Å²) in [5.74, 6) is -3.03. The summed E-state index contributed by atoms with van der Waals surface area (Å²) >= 11 is 0. The first-order chi connectivity index (χ1) is 18.6. The molecule has 0 bridgehead atoms. The molecule has 0 aliphatic carbocycles. The quantitative estimate of drug-likeness (QED) is 0.254. The van der Waals surface area contributed by atoms with Crippen LogP contribution in [-0.2, 0) is 14.4 Å². The summed E-state index contributed by atoms with van der Waals surface area (Å²) in [5.41, 5.74) is 0.0374. The van der Waals surface area contributed by atoms with E-state index in [4.69, 9.17) is 28.8 Å². The molecule has 0 saturated heterocycles. The predicted octanol–water partition coefficient (Wildman–Crippen LogP) is 1.93. The molecular weight excluding hydrogens is 516 g/mol. The zero-order valence-corrected chi connectivity index (χ0v) is 22.0. The van der Waals surface area contributed by atoms with Gasteiger partial charge in [0, 0.05) is 23.6 Å². The van der Waals surface area contributed by atoms with Crippen LogP contribution >= 0.6 is 0 Å². The Bertz CT molecular complexity index is 1230. The van der Waals surface area contributed by atoms with Gasteiger partial charge in [-0.25, -0.2) is 4.79 Å². The van der Waals surface area contributed by atoms with Crippen molar-refractivity contribution >= 4 is 29.8 Å². The molecule has 210 valence electrons. The predicted molar refractivity (Wildman–Crippen MR) is 138 cm³/mol. The third kappa shape index (κ3) is 8.02. The molecule has 0 spiro atoms. The minimum absolute atomic E-state index is 0.0329. The number of hydrogen-bond acceptors (Lipinski definition) is 9. The smallest absolute Gasteiger partial charge is 0.326 e. The molecule has 0 radical (unpaired) electrons. The van der Waals surface area contributed by atoms with Crippen LogP contribution in [0.4, 0.5) is 0 Å². The van der Waals surface area contributed by atoms with Gasteiger partial charge < -0.3 is 44.5 Å². The number of hydrogen-bond donors (Lipinski definition) is 4. The zero-order chi connectivity index (χ0) is 29.1. The van der Waals surface area contributed by atoms with Gasteiger partial charge in [0.1, 0.15) is 23.2 Å². The SMILES string of the molecule is COc1ccc(/C=C(/NC(=O)c2cc(OC)c(OC)c(OC)c2)C(=O)NC(CCC(=O)O)C(=O)O)c(OC)c1. The van der Waals surface area contributed by atoms with E-state index in [9.17, 15) is 24.3 Å². The summed E-state index contributed by atoms with van der Waals surface area (Å²) in [4.78, 5) is 49.0. The summed E-state index contributed by atoms with van der Waals surface area (Å²) in [5, 5.41) is 23.1. The largest absolute Gasteiger partial charge is 0.497 e. The topological polar surface area (TPSA) is 179 Å². The third-order valence-electron chi connectivity index (χ3n) is 5.41. The summed E-state index contributed by atoms with van der Waals surface area (Å²) in [7, 11) is 7.00. The van der Waals surface area contributed by atoms with Crippen LogP contribution < -0.4 is 34.3 Å². The molecule has 0 fully saturated rings. The van der Waals surface area contributed by atoms with Crippen molar-refractivity contribution in [3.63, 3.8) is 0 Å². The van der Waals surface area contributed by atoms with Crippen LogP contribution in [0, 0.1) is 0 Å². The Morgan fingerprint density at radius 2 is 1.46 bits per heavy atom. The van der Waals surface area contributed by atoms with E-state index in [2.05, 4.69) is 10.6 Å². The second kappa shape index (κ2) is 14.1. The highest BCUT2D eigenvalue weighted by atomic mass is 16.5. The van der Waals surface area contributed by atoms with Gasteiger partial charge in [0.15, 0.2) is 11.5 Å². The van der Waals surface area contributed by atoms with Crippen molar-refractivity contribution in [2.45, 2.75) is 18.9 Å². The molecule has 2 aromatic carbocycles. The first-order valence-electron chi connectivity index (χ1n) is 11.4. The van der Waals surface area contributed by atoms with Gasteiger partial charge in [-0.05, 0) is 36.8 Å². The zero-order valence-electron chi connectivity index (χ0n) is 22.0. The molecule has 4 N–H and O–H groups in total. The van der Waals surface area contributed by atoms with Crippen LogP contribution in [0.25, 0.3) is 6.08 Å². The maximum Gasteiger partial charge on any atom is 0.326 e. The van der Waals surface area contributed by atoms with Crippen LogP contribution in [0.3, 0.4) is 0 Å². The van der Waals surface area contributed by atoms with Crippen LogP contribution in [0.5, 0.6) is 28.7 Å². The summed E-state index contributed by atoms with van der Waals surface area (Å²) in [6, 6.07) is 5.91. The third-order valence-corrected chi connectivity index (χ3v) is 5.41. The molecule has 2 amide bonds. The summed E-state index contributed by atoms with van der Waals surface area (Å²) in [6.45, 7) is 0. The summed E-state index contributed by atoms with van der Waals surface area (Å²) < 4.78 is 26.3. The lowest BCUT2D eigenvalue weighted by Gasteiger charge is -2.17. The number of methoxy groups -OCH3 is 5. The molecule has 0 aliphatic heterocycles. The number of carboxylic acids is 2. The van der Waals surface area contributed by atoms with Gasteiger partial charge in [-0.1, -0.05) is 0 Å². The Balaban J connectivity index is 2.54. The number of carbonyl (C=O) groups is 4. The Hall–Kier alpha value is -4.94. The van der Waals surface area contributed by atoms with E-state index in [1.54, 1.807) is 18.2 Å². The fraction of sp³-hybridized carbons (Fsp3) is 0.308. The number of carbonyl (C=O) groups excluding carboxylic acids is 2. The Labute approximate surface area is 224 Å². The first kappa shape index (κ1) is 30.3. The fourth-order valence-electron chi connectivity index (χ4n) is 3.42. The second-order valence-corrected chi connectivity index (χ2v) is 7.83. The van der Waals surface area contributed by atoms with E-state index in [0.29, 0.717) is 17.1 Å². The van der Waals surface area contributed by atoms with Crippen LogP contribution in [0.15, 0.2) is 36.0 Å². The van der Waals surface area contributed by atoms with Crippen LogP contribution in [-0.4, -0.2) is 75.6 Å². The average molecular weight is 547 g/mol. The van der Waals surface area contributed by atoms with E-state index >= 15 is 0 Å². The lowest BCUT2D eigenvalue weighted by Crippen LogP contribution is -2.44. The van der Waals surface area contributed by atoms with Gasteiger partial charge in [-0.2, -0.15) is 0 Å². The van der Waals surface area contributed by atoms with Gasteiger partial charge >= 0.3 is 11.9 Å². The molecule has 13 heteroatoms. The summed E-state index contributed by atoms with van der Waals surface area (Å²) in [6.07, 6.45) is 0.399. The number of amides is 2. The number of nitrogens with one attached hydrogen (secondary N) is 2. The normalized spacial score (nSPS) is 11.6. The highest BCUT2D eigenvalue weighted by Crippen LogP contribution is 2.38. The maximum absolute atomic E-state index is 13.2. The van der Waals surface area contributed by atoms with E-state index in [1.165, 1.54) is 53.8 Å². The average Bonchev–Trinajstić information content (AvgIpc) is 2.93. The van der Waals surface area contributed by atoms with Gasteiger partial charge in [-0.3, -0.25) is 14.4 Å². The van der Waals surface area contributed by atoms with Crippen molar-refractivity contribution in [2.24, 2.45) is 0 Å². The van der Waals surface area contributed by atoms with Crippen molar-refractivity contribution in [3.8, 4) is 28.7 Å². The van der Waals surface area contributed by atoms with E-state index in [0.717, 1.165) is 0 Å². The van der Waals surface area contributed by atoms with Crippen molar-refractivity contribution in [1.29, 1.82) is 0 Å². The highest BCUT2D eigenvalue weighted by Gasteiger charge is 2.25. The molecule has 0 saturated carbocycles. The Morgan fingerprint density at radius 1 is 0.846 bits per heavy atom. The molecule has 39 heavy (non-hydrogen) atoms. The van der Waals surface area contributed by atoms with Gasteiger partial charge in [0.05, 0.1) is 35.5 Å². The molecule has 2 aromatic rings. The van der Waals surface area contributed by atoms with Crippen molar-refractivity contribution in [3.05, 3.63) is 47.2 Å². The number of carboxylic acid groups (broad SMARTS) is 2. The standard InChI is InChI=1S/C26H30N2O11/c1-35-16-7-6-14(19(13-16)36-2)10-18(25(32)27-17(26(33)34)8-9-22(29)30)28-24(31)15-11-20(37-3)23(39-5)21(12-15)38-4/h6-7,10-13,17H,8-9H2,1-5H3,(H,27,32)(H,28,31)(H,29,30)(H,33,34)/b18-10+. The van der Waals surface area contributed by atoms with Gasteiger partial charge in [0.25, 0.3) is 11.8 Å². The number of ether oxygens (including phenoxy) is 5. The van der Waals surface area contributed by atoms with Crippen LogP contribution in [0.1, 0.15) is 28.8 Å². The van der Waals surface area contributed by atoms with E-state index in [1.807, 2.05) is 0 Å². The van der Waals surface area contributed by atoms with Crippen molar-refractivity contribution in [1.82, 2.24) is 10.6 Å².